The number of rotatable bonds is 5. The van der Waals surface area contributed by atoms with Crippen LogP contribution in [0.4, 0.5) is 0 Å². The van der Waals surface area contributed by atoms with Crippen LogP contribution in [0.1, 0.15) is 42.3 Å². The Kier molecular flexibility index (Phi) is 5.82. The highest BCUT2D eigenvalue weighted by molar-refractivity contribution is 5.92. The van der Waals surface area contributed by atoms with Gasteiger partial charge in [0.1, 0.15) is 0 Å². The van der Waals surface area contributed by atoms with Crippen LogP contribution in [0.5, 0.6) is 0 Å². The first-order valence-corrected chi connectivity index (χ1v) is 7.94. The molecule has 1 atom stereocenters. The highest BCUT2D eigenvalue weighted by Gasteiger charge is 2.25. The van der Waals surface area contributed by atoms with Gasteiger partial charge in [-0.15, -0.1) is 0 Å². The Labute approximate surface area is 127 Å². The largest absolute Gasteiger partial charge is 0.459 e. The summed E-state index contributed by atoms with van der Waals surface area (Å²) in [6.07, 6.45) is 4.73. The topological polar surface area (TPSA) is 62.7 Å². The monoisotopic (exact) mass is 293 g/mol. The van der Waals surface area contributed by atoms with Crippen LogP contribution >= 0.6 is 0 Å². The van der Waals surface area contributed by atoms with E-state index < -0.39 is 0 Å². The molecule has 1 aliphatic rings. The van der Waals surface area contributed by atoms with E-state index in [1.165, 1.54) is 0 Å². The van der Waals surface area contributed by atoms with E-state index in [4.69, 9.17) is 10.2 Å². The van der Waals surface area contributed by atoms with Crippen molar-refractivity contribution in [3.05, 3.63) is 23.7 Å². The lowest BCUT2D eigenvalue weighted by Crippen LogP contribution is -2.40. The van der Waals surface area contributed by atoms with Crippen LogP contribution < -0.4 is 5.73 Å². The lowest BCUT2D eigenvalue weighted by molar-refractivity contribution is 0.0724. The van der Waals surface area contributed by atoms with Gasteiger partial charge >= 0.3 is 0 Å². The van der Waals surface area contributed by atoms with Crippen LogP contribution in [0.2, 0.25) is 0 Å². The third kappa shape index (κ3) is 3.86. The number of carbonyl (C=O) groups excluding carboxylic acids is 1. The van der Waals surface area contributed by atoms with Gasteiger partial charge in [-0.3, -0.25) is 9.69 Å². The maximum atomic E-state index is 12.5. The Morgan fingerprint density at radius 1 is 1.38 bits per heavy atom. The Hall–Kier alpha value is -1.33. The maximum absolute atomic E-state index is 12.5. The Morgan fingerprint density at radius 2 is 2.19 bits per heavy atom. The zero-order valence-electron chi connectivity index (χ0n) is 13.2. The number of amides is 1. The van der Waals surface area contributed by atoms with E-state index in [1.807, 2.05) is 17.9 Å². The predicted molar refractivity (Wildman–Crippen MR) is 83.3 cm³/mol. The molecule has 1 aromatic rings. The first kappa shape index (κ1) is 16.0. The van der Waals surface area contributed by atoms with Gasteiger partial charge in [-0.2, -0.15) is 0 Å². The van der Waals surface area contributed by atoms with E-state index in [9.17, 15) is 4.79 Å². The SMILES string of the molecule is CCC(CCN)N1CCCN(C(=O)c2occc2C)CC1. The van der Waals surface area contributed by atoms with Crippen LogP contribution in [0.3, 0.4) is 0 Å². The minimum atomic E-state index is 0.0197. The highest BCUT2D eigenvalue weighted by atomic mass is 16.3. The molecule has 5 heteroatoms. The van der Waals surface area contributed by atoms with Gasteiger partial charge in [0.25, 0.3) is 5.91 Å². The van der Waals surface area contributed by atoms with Gasteiger partial charge in [-0.25, -0.2) is 0 Å². The summed E-state index contributed by atoms with van der Waals surface area (Å²) >= 11 is 0. The molecular formula is C16H27N3O2. The summed E-state index contributed by atoms with van der Waals surface area (Å²) in [4.78, 5) is 16.9. The molecule has 2 N–H and O–H groups in total. The first-order valence-electron chi connectivity index (χ1n) is 7.94. The molecule has 1 aromatic heterocycles. The fraction of sp³-hybridized carbons (Fsp3) is 0.688. The van der Waals surface area contributed by atoms with Crippen molar-refractivity contribution in [2.75, 3.05) is 32.7 Å². The lowest BCUT2D eigenvalue weighted by atomic mass is 10.1. The van der Waals surface area contributed by atoms with E-state index in [0.29, 0.717) is 11.8 Å². The van der Waals surface area contributed by atoms with E-state index in [2.05, 4.69) is 11.8 Å². The number of aryl methyl sites for hydroxylation is 1. The third-order valence-electron chi connectivity index (χ3n) is 4.36. The smallest absolute Gasteiger partial charge is 0.289 e. The Bertz CT molecular complexity index is 458. The molecule has 2 rings (SSSR count). The van der Waals surface area contributed by atoms with E-state index >= 15 is 0 Å². The van der Waals surface area contributed by atoms with Crippen molar-refractivity contribution in [3.8, 4) is 0 Å². The van der Waals surface area contributed by atoms with Crippen LogP contribution in [0.15, 0.2) is 16.7 Å². The fourth-order valence-electron chi connectivity index (χ4n) is 3.08. The molecule has 1 unspecified atom stereocenters. The molecule has 1 fully saturated rings. The van der Waals surface area contributed by atoms with Gasteiger partial charge in [0, 0.05) is 37.8 Å². The van der Waals surface area contributed by atoms with Gasteiger partial charge in [-0.1, -0.05) is 6.92 Å². The summed E-state index contributed by atoms with van der Waals surface area (Å²) in [5.74, 6) is 0.503. The summed E-state index contributed by atoms with van der Waals surface area (Å²) in [6, 6.07) is 2.38. The zero-order chi connectivity index (χ0) is 15.2. The van der Waals surface area contributed by atoms with Gasteiger partial charge in [0.05, 0.1) is 6.26 Å². The molecule has 5 nitrogen and oxygen atoms in total. The number of nitrogens with two attached hydrogens (primary N) is 1. The summed E-state index contributed by atoms with van der Waals surface area (Å²) in [5, 5.41) is 0. The second-order valence-corrected chi connectivity index (χ2v) is 5.75. The molecule has 0 aliphatic carbocycles. The summed E-state index contributed by atoms with van der Waals surface area (Å²) in [6.45, 7) is 8.37. The molecule has 21 heavy (non-hydrogen) atoms. The van der Waals surface area contributed by atoms with Gasteiger partial charge in [0.15, 0.2) is 5.76 Å². The first-order chi connectivity index (χ1) is 10.2. The standard InChI is InChI=1S/C16H27N3O2/c1-3-14(5-7-17)18-8-4-9-19(11-10-18)16(20)15-13(2)6-12-21-15/h6,12,14H,3-5,7-11,17H2,1-2H3. The predicted octanol–water partition coefficient (Wildman–Crippen LogP) is 1.86. The number of carbonyl (C=O) groups is 1. The minimum absolute atomic E-state index is 0.0197. The van der Waals surface area contributed by atoms with Gasteiger partial charge in [-0.05, 0) is 38.8 Å². The molecule has 1 saturated heterocycles. The van der Waals surface area contributed by atoms with E-state index in [1.54, 1.807) is 6.26 Å². The number of nitrogens with zero attached hydrogens (tertiary/aromatic N) is 2. The highest BCUT2D eigenvalue weighted by Crippen LogP contribution is 2.16. The molecule has 1 amide bonds. The number of furan rings is 1. The fourth-order valence-corrected chi connectivity index (χ4v) is 3.08. The average Bonchev–Trinajstić information content (AvgIpc) is 2.76. The van der Waals surface area contributed by atoms with Crippen molar-refractivity contribution in [1.82, 2.24) is 9.80 Å². The molecule has 0 saturated carbocycles. The maximum Gasteiger partial charge on any atom is 0.289 e. The Balaban J connectivity index is 1.97. The lowest BCUT2D eigenvalue weighted by Gasteiger charge is -2.29. The van der Waals surface area contributed by atoms with E-state index in [-0.39, 0.29) is 5.91 Å². The van der Waals surface area contributed by atoms with Crippen LogP contribution in [0, 0.1) is 6.92 Å². The number of hydrogen-bond donors (Lipinski definition) is 1. The van der Waals surface area contributed by atoms with Crippen molar-refractivity contribution in [2.45, 2.75) is 39.2 Å². The number of hydrogen-bond acceptors (Lipinski definition) is 4. The van der Waals surface area contributed by atoms with Crippen molar-refractivity contribution >= 4 is 5.91 Å². The molecule has 118 valence electrons. The van der Waals surface area contributed by atoms with Crippen molar-refractivity contribution in [2.24, 2.45) is 5.73 Å². The molecule has 2 heterocycles. The van der Waals surface area contributed by atoms with Crippen LogP contribution in [-0.4, -0.2) is 54.5 Å². The summed E-state index contributed by atoms with van der Waals surface area (Å²) < 4.78 is 5.33. The van der Waals surface area contributed by atoms with Gasteiger partial charge in [0.2, 0.25) is 0 Å². The summed E-state index contributed by atoms with van der Waals surface area (Å²) in [5.41, 5.74) is 6.62. The molecular weight excluding hydrogens is 266 g/mol. The molecule has 1 aliphatic heterocycles. The normalized spacial score (nSPS) is 18.5. The quantitative estimate of drug-likeness (QED) is 0.900. The molecule has 0 spiro atoms. The molecule has 0 bridgehead atoms. The molecule has 0 aromatic carbocycles. The van der Waals surface area contributed by atoms with Crippen LogP contribution in [-0.2, 0) is 0 Å². The van der Waals surface area contributed by atoms with Crippen LogP contribution in [0.25, 0.3) is 0 Å². The third-order valence-corrected chi connectivity index (χ3v) is 4.36. The van der Waals surface area contributed by atoms with Crippen molar-refractivity contribution in [1.29, 1.82) is 0 Å². The Morgan fingerprint density at radius 3 is 2.81 bits per heavy atom. The van der Waals surface area contributed by atoms with E-state index in [0.717, 1.165) is 57.5 Å². The zero-order valence-corrected chi connectivity index (χ0v) is 13.2. The molecule has 0 radical (unpaired) electrons. The van der Waals surface area contributed by atoms with Gasteiger partial charge < -0.3 is 15.1 Å². The van der Waals surface area contributed by atoms with Crippen molar-refractivity contribution in [3.63, 3.8) is 0 Å². The summed E-state index contributed by atoms with van der Waals surface area (Å²) in [7, 11) is 0. The second kappa shape index (κ2) is 7.61. The minimum Gasteiger partial charge on any atom is -0.459 e. The average molecular weight is 293 g/mol. The second-order valence-electron chi connectivity index (χ2n) is 5.75. The van der Waals surface area contributed by atoms with Crippen molar-refractivity contribution < 1.29 is 9.21 Å².